The molecule has 0 aromatic heterocycles. The average molecular weight is 366 g/mol. The smallest absolute Gasteiger partial charge is 0.191 e. The van der Waals surface area contributed by atoms with E-state index in [1.165, 1.54) is 12.1 Å². The third-order valence-corrected chi connectivity index (χ3v) is 4.42. The molecule has 1 aromatic carbocycles. The van der Waals surface area contributed by atoms with Gasteiger partial charge in [-0.25, -0.2) is 4.39 Å². The lowest BCUT2D eigenvalue weighted by atomic mass is 10.1. The van der Waals surface area contributed by atoms with Crippen LogP contribution in [0.15, 0.2) is 29.3 Å². The zero-order valence-corrected chi connectivity index (χ0v) is 16.0. The zero-order valence-electron chi connectivity index (χ0n) is 16.0. The summed E-state index contributed by atoms with van der Waals surface area (Å²) in [6.07, 6.45) is 2.15. The van der Waals surface area contributed by atoms with Crippen LogP contribution < -0.4 is 10.6 Å². The molecular formula is C19H31FN4O2. The summed E-state index contributed by atoms with van der Waals surface area (Å²) in [5, 5.41) is 6.64. The van der Waals surface area contributed by atoms with E-state index >= 15 is 0 Å². The van der Waals surface area contributed by atoms with Crippen LogP contribution in [0.3, 0.4) is 0 Å². The maximum absolute atomic E-state index is 13.1. The number of nitrogens with one attached hydrogen (secondary N) is 2. The van der Waals surface area contributed by atoms with E-state index in [1.54, 1.807) is 7.05 Å². The quantitative estimate of drug-likeness (QED) is 0.396. The standard InChI is InChI=1S/C19H31FN4O2/c1-21-19(22-10-4-11-26-17-9-12-25-14-17)23-13-18(24(2)3)15-5-7-16(20)8-6-15/h5-8,17-18H,4,9-14H2,1-3H3,(H2,21,22,23). The van der Waals surface area contributed by atoms with Crippen LogP contribution in [0.2, 0.25) is 0 Å². The van der Waals surface area contributed by atoms with Crippen LogP contribution in [-0.4, -0.2) is 71.0 Å². The van der Waals surface area contributed by atoms with E-state index in [0.717, 1.165) is 37.5 Å². The summed E-state index contributed by atoms with van der Waals surface area (Å²) in [7, 11) is 5.77. The molecule has 0 saturated carbocycles. The normalized spacial score (nSPS) is 19.0. The molecule has 2 unspecified atom stereocenters. The van der Waals surface area contributed by atoms with E-state index < -0.39 is 0 Å². The molecule has 1 aliphatic rings. The van der Waals surface area contributed by atoms with Gasteiger partial charge in [0.05, 0.1) is 18.8 Å². The molecule has 2 N–H and O–H groups in total. The maximum atomic E-state index is 13.1. The van der Waals surface area contributed by atoms with Crippen LogP contribution in [0, 0.1) is 5.82 Å². The Kier molecular flexibility index (Phi) is 8.80. The number of aliphatic imine (C=N–C) groups is 1. The van der Waals surface area contributed by atoms with Crippen molar-refractivity contribution in [2.75, 3.05) is 54.1 Å². The number of likely N-dealkylation sites (N-methyl/N-ethyl adjacent to an activating group) is 1. The molecule has 6 nitrogen and oxygen atoms in total. The number of rotatable bonds is 9. The van der Waals surface area contributed by atoms with Gasteiger partial charge in [-0.05, 0) is 44.6 Å². The summed E-state index contributed by atoms with van der Waals surface area (Å²) in [4.78, 5) is 6.36. The molecule has 0 aliphatic carbocycles. The number of benzene rings is 1. The van der Waals surface area contributed by atoms with Gasteiger partial charge in [-0.15, -0.1) is 0 Å². The highest BCUT2D eigenvalue weighted by Crippen LogP contribution is 2.17. The van der Waals surface area contributed by atoms with Crippen molar-refractivity contribution in [1.29, 1.82) is 0 Å². The van der Waals surface area contributed by atoms with Crippen LogP contribution in [-0.2, 0) is 9.47 Å². The lowest BCUT2D eigenvalue weighted by molar-refractivity contribution is 0.0420. The molecule has 0 spiro atoms. The Morgan fingerprint density at radius 2 is 2.12 bits per heavy atom. The van der Waals surface area contributed by atoms with Crippen molar-refractivity contribution >= 4 is 5.96 Å². The highest BCUT2D eigenvalue weighted by atomic mass is 19.1. The Hall–Kier alpha value is -1.70. The van der Waals surface area contributed by atoms with Crippen molar-refractivity contribution in [3.05, 3.63) is 35.6 Å². The molecule has 2 atom stereocenters. The average Bonchev–Trinajstić information content (AvgIpc) is 3.14. The van der Waals surface area contributed by atoms with Gasteiger partial charge in [0.1, 0.15) is 5.82 Å². The molecule has 1 fully saturated rings. The molecule has 146 valence electrons. The van der Waals surface area contributed by atoms with E-state index in [0.29, 0.717) is 19.8 Å². The van der Waals surface area contributed by atoms with Crippen LogP contribution in [0.4, 0.5) is 4.39 Å². The topological polar surface area (TPSA) is 58.1 Å². The highest BCUT2D eigenvalue weighted by Gasteiger charge is 2.16. The van der Waals surface area contributed by atoms with Crippen LogP contribution in [0.25, 0.3) is 0 Å². The highest BCUT2D eigenvalue weighted by molar-refractivity contribution is 5.79. The molecule has 2 rings (SSSR count). The zero-order chi connectivity index (χ0) is 18.8. The number of nitrogens with zero attached hydrogens (tertiary/aromatic N) is 2. The second kappa shape index (κ2) is 11.1. The van der Waals surface area contributed by atoms with Gasteiger partial charge in [-0.3, -0.25) is 4.99 Å². The number of guanidine groups is 1. The minimum Gasteiger partial charge on any atom is -0.379 e. The molecule has 0 bridgehead atoms. The number of hydrogen-bond acceptors (Lipinski definition) is 4. The summed E-state index contributed by atoms with van der Waals surface area (Å²) in [6.45, 7) is 3.70. The molecule has 26 heavy (non-hydrogen) atoms. The number of ether oxygens (including phenoxy) is 2. The molecule has 0 radical (unpaired) electrons. The lowest BCUT2D eigenvalue weighted by Gasteiger charge is -2.26. The summed E-state index contributed by atoms with van der Waals surface area (Å²) in [6, 6.07) is 6.76. The maximum Gasteiger partial charge on any atom is 0.191 e. The van der Waals surface area contributed by atoms with Gasteiger partial charge in [0.25, 0.3) is 0 Å². The first kappa shape index (κ1) is 20.6. The summed E-state index contributed by atoms with van der Waals surface area (Å²) in [5.74, 6) is 0.534. The first-order valence-electron chi connectivity index (χ1n) is 9.16. The summed E-state index contributed by atoms with van der Waals surface area (Å²) in [5.41, 5.74) is 1.06. The first-order chi connectivity index (χ1) is 12.6. The second-order valence-corrected chi connectivity index (χ2v) is 6.62. The van der Waals surface area contributed by atoms with Crippen molar-refractivity contribution in [2.24, 2.45) is 4.99 Å². The molecule has 1 aromatic rings. The molecule has 1 heterocycles. The molecule has 1 saturated heterocycles. The lowest BCUT2D eigenvalue weighted by Crippen LogP contribution is -2.42. The molecule has 7 heteroatoms. The van der Waals surface area contributed by atoms with Crippen molar-refractivity contribution in [1.82, 2.24) is 15.5 Å². The third kappa shape index (κ3) is 6.90. The fraction of sp³-hybridized carbons (Fsp3) is 0.632. The van der Waals surface area contributed by atoms with Gasteiger partial charge in [0.15, 0.2) is 5.96 Å². The van der Waals surface area contributed by atoms with E-state index in [4.69, 9.17) is 9.47 Å². The van der Waals surface area contributed by atoms with Gasteiger partial charge in [0, 0.05) is 33.4 Å². The van der Waals surface area contributed by atoms with E-state index in [-0.39, 0.29) is 18.0 Å². The Bertz CT molecular complexity index is 545. The Labute approximate surface area is 155 Å². The van der Waals surface area contributed by atoms with Crippen molar-refractivity contribution < 1.29 is 13.9 Å². The largest absolute Gasteiger partial charge is 0.379 e. The second-order valence-electron chi connectivity index (χ2n) is 6.62. The first-order valence-corrected chi connectivity index (χ1v) is 9.16. The minimum absolute atomic E-state index is 0.125. The Morgan fingerprint density at radius 1 is 1.35 bits per heavy atom. The SMILES string of the molecule is CN=C(NCCCOC1CCOC1)NCC(c1ccc(F)cc1)N(C)C. The fourth-order valence-electron chi connectivity index (χ4n) is 2.87. The Balaban J connectivity index is 1.70. The monoisotopic (exact) mass is 366 g/mol. The summed E-state index contributed by atoms with van der Waals surface area (Å²) < 4.78 is 24.2. The van der Waals surface area contributed by atoms with E-state index in [1.807, 2.05) is 26.2 Å². The van der Waals surface area contributed by atoms with Crippen LogP contribution in [0.1, 0.15) is 24.4 Å². The minimum atomic E-state index is -0.219. The van der Waals surface area contributed by atoms with Gasteiger partial charge in [-0.1, -0.05) is 12.1 Å². The van der Waals surface area contributed by atoms with E-state index in [2.05, 4.69) is 20.5 Å². The predicted molar refractivity (Wildman–Crippen MR) is 102 cm³/mol. The van der Waals surface area contributed by atoms with Gasteiger partial charge in [0.2, 0.25) is 0 Å². The van der Waals surface area contributed by atoms with Crippen LogP contribution in [0.5, 0.6) is 0 Å². The Morgan fingerprint density at radius 3 is 2.73 bits per heavy atom. The summed E-state index contributed by atoms with van der Waals surface area (Å²) >= 11 is 0. The van der Waals surface area contributed by atoms with Crippen molar-refractivity contribution in [2.45, 2.75) is 25.0 Å². The molecular weight excluding hydrogens is 335 g/mol. The van der Waals surface area contributed by atoms with Gasteiger partial charge >= 0.3 is 0 Å². The van der Waals surface area contributed by atoms with Gasteiger partial charge < -0.3 is 25.0 Å². The van der Waals surface area contributed by atoms with Crippen LogP contribution >= 0.6 is 0 Å². The van der Waals surface area contributed by atoms with Gasteiger partial charge in [-0.2, -0.15) is 0 Å². The van der Waals surface area contributed by atoms with E-state index in [9.17, 15) is 4.39 Å². The fourth-order valence-corrected chi connectivity index (χ4v) is 2.87. The molecule has 1 aliphatic heterocycles. The van der Waals surface area contributed by atoms with Crippen molar-refractivity contribution in [3.8, 4) is 0 Å². The predicted octanol–water partition coefficient (Wildman–Crippen LogP) is 1.79. The molecule has 0 amide bonds. The number of hydrogen-bond donors (Lipinski definition) is 2. The third-order valence-electron chi connectivity index (χ3n) is 4.42. The van der Waals surface area contributed by atoms with Crippen molar-refractivity contribution in [3.63, 3.8) is 0 Å². The number of halogens is 1.